The quantitative estimate of drug-likeness (QED) is 0.331. The van der Waals surface area contributed by atoms with Crippen LogP contribution in [0.2, 0.25) is 5.02 Å². The van der Waals surface area contributed by atoms with Crippen molar-refractivity contribution in [1.29, 1.82) is 0 Å². The molecule has 1 atom stereocenters. The number of hydrogen-bond donors (Lipinski definition) is 2. The molecule has 2 N–H and O–H groups in total. The van der Waals surface area contributed by atoms with Crippen molar-refractivity contribution in [3.63, 3.8) is 0 Å². The largest absolute Gasteiger partial charge is 0.478 e. The van der Waals surface area contributed by atoms with Crippen molar-refractivity contribution in [2.75, 3.05) is 0 Å². The van der Waals surface area contributed by atoms with E-state index in [9.17, 15) is 9.59 Å². The highest BCUT2D eigenvalue weighted by molar-refractivity contribution is 6.30. The normalized spacial score (nSPS) is 12.2. The molecule has 8 heteroatoms. The van der Waals surface area contributed by atoms with E-state index < -0.39 is 5.97 Å². The Bertz CT molecular complexity index is 1520. The highest BCUT2D eigenvalue weighted by Gasteiger charge is 2.20. The van der Waals surface area contributed by atoms with Gasteiger partial charge >= 0.3 is 5.97 Å². The fourth-order valence-corrected chi connectivity index (χ4v) is 4.23. The molecule has 0 fully saturated rings. The average molecular weight is 474 g/mol. The van der Waals surface area contributed by atoms with E-state index in [0.717, 1.165) is 27.4 Å². The molecule has 7 nitrogen and oxygen atoms in total. The average Bonchev–Trinajstić information content (AvgIpc) is 3.47. The second-order valence-electron chi connectivity index (χ2n) is 8.12. The number of nitrogens with zero attached hydrogens (tertiary/aromatic N) is 2. The third-order valence-electron chi connectivity index (χ3n) is 5.90. The molecule has 1 amide bonds. The van der Waals surface area contributed by atoms with E-state index in [1.54, 1.807) is 24.4 Å². The molecule has 2 aromatic heterocycles. The number of carbonyl (C=O) groups is 2. The van der Waals surface area contributed by atoms with Gasteiger partial charge in [0.2, 0.25) is 0 Å². The number of fused-ring (bicyclic) bond motifs is 3. The van der Waals surface area contributed by atoms with E-state index in [1.807, 2.05) is 48.0 Å². The Balaban J connectivity index is 1.51. The summed E-state index contributed by atoms with van der Waals surface area (Å²) in [6, 6.07) is 17.4. The van der Waals surface area contributed by atoms with Crippen molar-refractivity contribution in [2.24, 2.45) is 0 Å². The van der Waals surface area contributed by atoms with E-state index in [-0.39, 0.29) is 17.5 Å². The van der Waals surface area contributed by atoms with Gasteiger partial charge in [0.25, 0.3) is 5.91 Å². The first-order valence-corrected chi connectivity index (χ1v) is 11.0. The number of aromatic carboxylic acids is 1. The fraction of sp³-hybridized carbons (Fsp3) is 0.115. The van der Waals surface area contributed by atoms with Crippen LogP contribution in [-0.2, 0) is 6.54 Å². The second kappa shape index (κ2) is 8.68. The molecular weight excluding hydrogens is 454 g/mol. The first kappa shape index (κ1) is 21.7. The van der Waals surface area contributed by atoms with Gasteiger partial charge < -0.3 is 19.5 Å². The number of benzene rings is 3. The lowest BCUT2D eigenvalue weighted by Crippen LogP contribution is -2.27. The van der Waals surface area contributed by atoms with Gasteiger partial charge in [-0.05, 0) is 54.4 Å². The standard InChI is InChI=1S/C26H20ClN3O4/c1-15(17-4-6-18(7-5-17)26(32)33)29-25(31)21-12-23-22(13-28-34-23)20-10-11-30(24(20)21)14-16-2-8-19(27)9-3-16/h2-13,15H,14H2,1H3,(H,29,31)(H,32,33)/t15-/m0/s1. The van der Waals surface area contributed by atoms with Crippen LogP contribution in [-0.4, -0.2) is 26.7 Å². The van der Waals surface area contributed by atoms with E-state index in [0.29, 0.717) is 22.7 Å². The molecule has 170 valence electrons. The molecule has 0 aliphatic carbocycles. The molecule has 0 saturated carbocycles. The molecule has 5 aromatic rings. The summed E-state index contributed by atoms with van der Waals surface area (Å²) in [4.78, 5) is 24.5. The summed E-state index contributed by atoms with van der Waals surface area (Å²) < 4.78 is 7.39. The third kappa shape index (κ3) is 4.02. The maximum absolute atomic E-state index is 13.4. The number of nitrogens with one attached hydrogen (secondary N) is 1. The predicted molar refractivity (Wildman–Crippen MR) is 129 cm³/mol. The minimum Gasteiger partial charge on any atom is -0.478 e. The Labute approximate surface area is 199 Å². The zero-order valence-corrected chi connectivity index (χ0v) is 18.9. The Morgan fingerprint density at radius 2 is 1.82 bits per heavy atom. The van der Waals surface area contributed by atoms with Crippen LogP contribution in [0.5, 0.6) is 0 Å². The van der Waals surface area contributed by atoms with Crippen molar-refractivity contribution in [3.05, 3.63) is 100 Å². The van der Waals surface area contributed by atoms with Crippen LogP contribution in [0.3, 0.4) is 0 Å². The van der Waals surface area contributed by atoms with E-state index in [4.69, 9.17) is 21.2 Å². The minimum atomic E-state index is -0.993. The van der Waals surface area contributed by atoms with E-state index in [1.165, 1.54) is 12.1 Å². The van der Waals surface area contributed by atoms with E-state index in [2.05, 4.69) is 10.5 Å². The molecule has 0 radical (unpaired) electrons. The van der Waals surface area contributed by atoms with Gasteiger partial charge in [0.05, 0.1) is 34.3 Å². The molecule has 34 heavy (non-hydrogen) atoms. The second-order valence-corrected chi connectivity index (χ2v) is 8.55. The number of rotatable bonds is 6. The monoisotopic (exact) mass is 473 g/mol. The zero-order chi connectivity index (χ0) is 23.8. The summed E-state index contributed by atoms with van der Waals surface area (Å²) in [7, 11) is 0. The van der Waals surface area contributed by atoms with Crippen LogP contribution in [0, 0.1) is 0 Å². The lowest BCUT2D eigenvalue weighted by atomic mass is 10.0. The topological polar surface area (TPSA) is 97.4 Å². The molecule has 0 spiro atoms. The summed E-state index contributed by atoms with van der Waals surface area (Å²) in [6.45, 7) is 2.41. The molecule has 3 aromatic carbocycles. The number of aromatic nitrogens is 2. The summed E-state index contributed by atoms with van der Waals surface area (Å²) in [6.07, 6.45) is 3.59. The van der Waals surface area contributed by atoms with Crippen LogP contribution in [0.4, 0.5) is 0 Å². The number of carboxylic acids is 1. The Morgan fingerprint density at radius 3 is 2.53 bits per heavy atom. The van der Waals surface area contributed by atoms with Crippen LogP contribution >= 0.6 is 11.6 Å². The van der Waals surface area contributed by atoms with Crippen molar-refractivity contribution in [3.8, 4) is 0 Å². The van der Waals surface area contributed by atoms with Crippen molar-refractivity contribution in [1.82, 2.24) is 15.0 Å². The van der Waals surface area contributed by atoms with Crippen LogP contribution < -0.4 is 5.32 Å². The SMILES string of the molecule is C[C@H](NC(=O)c1cc2oncc2c2ccn(Cc3ccc(Cl)cc3)c12)c1ccc(C(=O)O)cc1. The number of carboxylic acid groups (broad SMARTS) is 1. The zero-order valence-electron chi connectivity index (χ0n) is 18.2. The van der Waals surface area contributed by atoms with Gasteiger partial charge in [-0.2, -0.15) is 0 Å². The smallest absolute Gasteiger partial charge is 0.335 e. The number of carbonyl (C=O) groups excluding carboxylic acids is 1. The Kier molecular flexibility index (Phi) is 5.55. The van der Waals surface area contributed by atoms with Crippen LogP contribution in [0.1, 0.15) is 44.8 Å². The molecule has 0 aliphatic rings. The van der Waals surface area contributed by atoms with Gasteiger partial charge in [-0.15, -0.1) is 0 Å². The van der Waals surface area contributed by atoms with Crippen LogP contribution in [0.15, 0.2) is 77.6 Å². The van der Waals surface area contributed by atoms with E-state index >= 15 is 0 Å². The minimum absolute atomic E-state index is 0.194. The maximum atomic E-state index is 13.4. The summed E-state index contributed by atoms with van der Waals surface area (Å²) in [5.74, 6) is -1.26. The Morgan fingerprint density at radius 1 is 1.09 bits per heavy atom. The van der Waals surface area contributed by atoms with Gasteiger partial charge in [-0.3, -0.25) is 4.79 Å². The number of hydrogen-bond acceptors (Lipinski definition) is 4. The molecule has 0 saturated heterocycles. The Hall–Kier alpha value is -4.10. The highest BCUT2D eigenvalue weighted by Crippen LogP contribution is 2.31. The van der Waals surface area contributed by atoms with Gasteiger partial charge in [0.15, 0.2) is 5.58 Å². The summed E-state index contributed by atoms with van der Waals surface area (Å²) in [5.41, 5.74) is 3.81. The van der Waals surface area contributed by atoms with Gasteiger partial charge in [0.1, 0.15) is 0 Å². The highest BCUT2D eigenvalue weighted by atomic mass is 35.5. The van der Waals surface area contributed by atoms with Gasteiger partial charge in [0, 0.05) is 23.2 Å². The predicted octanol–water partition coefficient (Wildman–Crippen LogP) is 5.67. The molecule has 0 aliphatic heterocycles. The van der Waals surface area contributed by atoms with Crippen molar-refractivity contribution < 1.29 is 19.2 Å². The lowest BCUT2D eigenvalue weighted by Gasteiger charge is -2.16. The number of amides is 1. The third-order valence-corrected chi connectivity index (χ3v) is 6.15. The fourth-order valence-electron chi connectivity index (χ4n) is 4.11. The van der Waals surface area contributed by atoms with Crippen LogP contribution in [0.25, 0.3) is 21.9 Å². The molecule has 0 bridgehead atoms. The molecule has 5 rings (SSSR count). The lowest BCUT2D eigenvalue weighted by molar-refractivity contribution is 0.0696. The first-order valence-electron chi connectivity index (χ1n) is 10.7. The first-order chi connectivity index (χ1) is 16.4. The van der Waals surface area contributed by atoms with Gasteiger partial charge in [-0.25, -0.2) is 4.79 Å². The molecular formula is C26H20ClN3O4. The summed E-state index contributed by atoms with van der Waals surface area (Å²) in [5, 5.41) is 18.4. The molecule has 2 heterocycles. The summed E-state index contributed by atoms with van der Waals surface area (Å²) >= 11 is 6.03. The van der Waals surface area contributed by atoms with Crippen molar-refractivity contribution >= 4 is 45.3 Å². The van der Waals surface area contributed by atoms with Gasteiger partial charge in [-0.1, -0.05) is 41.0 Å². The molecule has 0 unspecified atom stereocenters. The maximum Gasteiger partial charge on any atom is 0.335 e. The number of halogens is 1. The van der Waals surface area contributed by atoms with Crippen molar-refractivity contribution in [2.45, 2.75) is 19.5 Å².